The molecule has 1 N–H and O–H groups in total. The predicted molar refractivity (Wildman–Crippen MR) is 137 cm³/mol. The molecule has 4 aromatic heterocycles. The van der Waals surface area contributed by atoms with Crippen LogP contribution < -0.4 is 10.1 Å². The average molecular weight is 492 g/mol. The molecule has 0 aliphatic rings. The Bertz CT molecular complexity index is 1700. The summed E-state index contributed by atoms with van der Waals surface area (Å²) in [5.74, 6) is 7.74. The number of fused-ring (bicyclic) bond motifs is 2. The van der Waals surface area contributed by atoms with Gasteiger partial charge in [0.15, 0.2) is 11.5 Å². The zero-order valence-electron chi connectivity index (χ0n) is 20.1. The van der Waals surface area contributed by atoms with Gasteiger partial charge in [0, 0.05) is 25.0 Å². The lowest BCUT2D eigenvalue weighted by atomic mass is 10.2. The van der Waals surface area contributed by atoms with E-state index in [-0.39, 0.29) is 12.5 Å². The third kappa shape index (κ3) is 5.18. The molecule has 0 unspecified atom stereocenters. The van der Waals surface area contributed by atoms with Gasteiger partial charge in [-0.1, -0.05) is 12.5 Å². The van der Waals surface area contributed by atoms with Crippen molar-refractivity contribution in [2.75, 3.05) is 18.9 Å². The molecule has 0 aliphatic heterocycles. The lowest BCUT2D eigenvalue weighted by Gasteiger charge is -2.12. The molecule has 4 heterocycles. The number of pyridine rings is 1. The summed E-state index contributed by atoms with van der Waals surface area (Å²) in [7, 11) is 1.64. The highest BCUT2D eigenvalue weighted by Crippen LogP contribution is 2.29. The summed E-state index contributed by atoms with van der Waals surface area (Å²) in [6.07, 6.45) is 7.56. The molecule has 11 nitrogen and oxygen atoms in total. The van der Waals surface area contributed by atoms with Crippen molar-refractivity contribution < 1.29 is 9.53 Å². The minimum atomic E-state index is -0.211. The number of likely N-dealkylation sites (N-methyl/N-ethyl adjacent to an activating group) is 1. The summed E-state index contributed by atoms with van der Waals surface area (Å²) >= 11 is 0. The van der Waals surface area contributed by atoms with E-state index < -0.39 is 0 Å². The molecular weight excluding hydrogens is 470 g/mol. The number of amides is 1. The van der Waals surface area contributed by atoms with E-state index in [9.17, 15) is 4.79 Å². The zero-order chi connectivity index (χ0) is 25.8. The van der Waals surface area contributed by atoms with Gasteiger partial charge in [0.05, 0.1) is 12.7 Å². The van der Waals surface area contributed by atoms with Crippen molar-refractivity contribution in [2.45, 2.75) is 6.92 Å². The maximum Gasteiger partial charge on any atom is 0.246 e. The summed E-state index contributed by atoms with van der Waals surface area (Å²) < 4.78 is 7.72. The van der Waals surface area contributed by atoms with Crippen molar-refractivity contribution >= 4 is 34.1 Å². The lowest BCUT2D eigenvalue weighted by Crippen LogP contribution is -2.24. The molecule has 37 heavy (non-hydrogen) atoms. The number of nitrogens with one attached hydrogen (secondary N) is 1. The van der Waals surface area contributed by atoms with Gasteiger partial charge in [-0.05, 0) is 48.7 Å². The topological polar surface area (TPSA) is 123 Å². The number of rotatable bonds is 6. The van der Waals surface area contributed by atoms with E-state index in [1.165, 1.54) is 23.6 Å². The maximum absolute atomic E-state index is 11.6. The molecule has 1 amide bonds. The molecule has 0 saturated heterocycles. The highest BCUT2D eigenvalue weighted by atomic mass is 16.5. The molecule has 1 aromatic carbocycles. The number of carbonyl (C=O) groups excluding carboxylic acids is 1. The van der Waals surface area contributed by atoms with Gasteiger partial charge >= 0.3 is 0 Å². The van der Waals surface area contributed by atoms with E-state index in [1.807, 2.05) is 37.3 Å². The fourth-order valence-corrected chi connectivity index (χ4v) is 3.44. The molecule has 5 rings (SSSR count). The SMILES string of the molecule is C=CC(=O)N(C)CC#Cc1ncc2ncnc(Nc3ccc(Oc4ccn5ncnc5c4)c(C)c3)c2n1. The first kappa shape index (κ1) is 23.4. The summed E-state index contributed by atoms with van der Waals surface area (Å²) in [4.78, 5) is 34.6. The van der Waals surface area contributed by atoms with Crippen molar-refractivity contribution in [1.82, 2.24) is 39.4 Å². The van der Waals surface area contributed by atoms with Gasteiger partial charge in [-0.3, -0.25) is 4.79 Å². The summed E-state index contributed by atoms with van der Waals surface area (Å²) in [6.45, 7) is 5.65. The number of nitrogens with zero attached hydrogens (tertiary/aromatic N) is 8. The van der Waals surface area contributed by atoms with Gasteiger partial charge in [-0.15, -0.1) is 0 Å². The number of ether oxygens (including phenoxy) is 1. The monoisotopic (exact) mass is 491 g/mol. The van der Waals surface area contributed by atoms with Gasteiger partial charge in [0.25, 0.3) is 0 Å². The fourth-order valence-electron chi connectivity index (χ4n) is 3.44. The van der Waals surface area contributed by atoms with Crippen molar-refractivity contribution in [1.29, 1.82) is 0 Å². The minimum Gasteiger partial charge on any atom is -0.457 e. The molecule has 0 atom stereocenters. The van der Waals surface area contributed by atoms with Crippen molar-refractivity contribution in [2.24, 2.45) is 0 Å². The number of aryl methyl sites for hydroxylation is 1. The number of carbonyl (C=O) groups is 1. The summed E-state index contributed by atoms with van der Waals surface area (Å²) in [5, 5.41) is 7.38. The standard InChI is InChI=1S/C26H21N9O2/c1-4-24(36)34(3)10-5-6-22-27-14-20-25(33-22)26(30-15-28-20)32-18-7-8-21(17(2)12-18)37-19-9-11-35-23(13-19)29-16-31-35/h4,7-9,11-16H,1,10H2,2-3H3,(H,28,30,32). The Labute approximate surface area is 211 Å². The van der Waals surface area contributed by atoms with Crippen LogP contribution in [-0.4, -0.2) is 58.9 Å². The van der Waals surface area contributed by atoms with Gasteiger partial charge in [-0.25, -0.2) is 29.4 Å². The van der Waals surface area contributed by atoms with Crippen molar-refractivity contribution in [3.05, 3.63) is 79.4 Å². The first-order valence-electron chi connectivity index (χ1n) is 11.2. The van der Waals surface area contributed by atoms with Crippen LogP contribution in [0.15, 0.2) is 68.0 Å². The highest BCUT2D eigenvalue weighted by molar-refractivity contribution is 5.87. The smallest absolute Gasteiger partial charge is 0.246 e. The van der Waals surface area contributed by atoms with Gasteiger partial charge in [-0.2, -0.15) is 5.10 Å². The lowest BCUT2D eigenvalue weighted by molar-refractivity contribution is -0.124. The van der Waals surface area contributed by atoms with Crippen LogP contribution in [0.2, 0.25) is 0 Å². The quantitative estimate of drug-likeness (QED) is 0.281. The number of benzene rings is 1. The molecule has 0 fully saturated rings. The van der Waals surface area contributed by atoms with Crippen LogP contribution in [0.1, 0.15) is 11.4 Å². The number of hydrogen-bond donors (Lipinski definition) is 1. The van der Waals surface area contributed by atoms with Gasteiger partial charge in [0.1, 0.15) is 35.2 Å². The second-order valence-corrected chi connectivity index (χ2v) is 7.98. The third-order valence-corrected chi connectivity index (χ3v) is 5.36. The maximum atomic E-state index is 11.6. The predicted octanol–water partition coefficient (Wildman–Crippen LogP) is 3.30. The number of anilines is 2. The van der Waals surface area contributed by atoms with E-state index in [4.69, 9.17) is 4.74 Å². The van der Waals surface area contributed by atoms with Crippen LogP contribution in [0.3, 0.4) is 0 Å². The number of aromatic nitrogens is 7. The summed E-state index contributed by atoms with van der Waals surface area (Å²) in [5.41, 5.74) is 3.52. The van der Waals surface area contributed by atoms with E-state index in [0.29, 0.717) is 39.8 Å². The Hall–Kier alpha value is -5.37. The van der Waals surface area contributed by atoms with Crippen molar-refractivity contribution in [3.8, 4) is 23.3 Å². The van der Waals surface area contributed by atoms with Crippen LogP contribution in [0.5, 0.6) is 11.5 Å². The molecule has 0 bridgehead atoms. The third-order valence-electron chi connectivity index (χ3n) is 5.36. The summed E-state index contributed by atoms with van der Waals surface area (Å²) in [6, 6.07) is 9.37. The van der Waals surface area contributed by atoms with Gasteiger partial charge < -0.3 is 15.0 Å². The number of hydrogen-bond acceptors (Lipinski definition) is 9. The second-order valence-electron chi connectivity index (χ2n) is 7.98. The van der Waals surface area contributed by atoms with Crippen LogP contribution in [-0.2, 0) is 4.79 Å². The second kappa shape index (κ2) is 10.1. The molecule has 11 heteroatoms. The molecule has 0 aliphatic carbocycles. The van der Waals surface area contributed by atoms with E-state index >= 15 is 0 Å². The Morgan fingerprint density at radius 2 is 2.08 bits per heavy atom. The first-order chi connectivity index (χ1) is 18.0. The minimum absolute atomic E-state index is 0.211. The first-order valence-corrected chi connectivity index (χ1v) is 11.2. The molecule has 182 valence electrons. The molecule has 0 spiro atoms. The Kier molecular flexibility index (Phi) is 6.37. The van der Waals surface area contributed by atoms with Crippen molar-refractivity contribution in [3.63, 3.8) is 0 Å². The Morgan fingerprint density at radius 1 is 1.19 bits per heavy atom. The van der Waals surface area contributed by atoms with Gasteiger partial charge in [0.2, 0.25) is 11.7 Å². The van der Waals surface area contributed by atoms with E-state index in [2.05, 4.69) is 53.8 Å². The zero-order valence-corrected chi connectivity index (χ0v) is 20.1. The Balaban J connectivity index is 1.35. The molecule has 5 aromatic rings. The molecular formula is C26H21N9O2. The Morgan fingerprint density at radius 3 is 2.92 bits per heavy atom. The average Bonchev–Trinajstić information content (AvgIpc) is 3.38. The van der Waals surface area contributed by atoms with Crippen LogP contribution in [0.4, 0.5) is 11.5 Å². The van der Waals surface area contributed by atoms with E-state index in [0.717, 1.165) is 11.3 Å². The molecule has 0 radical (unpaired) electrons. The van der Waals surface area contributed by atoms with Crippen LogP contribution in [0.25, 0.3) is 16.7 Å². The van der Waals surface area contributed by atoms with Crippen LogP contribution >= 0.6 is 0 Å². The van der Waals surface area contributed by atoms with Crippen LogP contribution in [0, 0.1) is 18.8 Å². The normalized spacial score (nSPS) is 10.5. The largest absolute Gasteiger partial charge is 0.457 e. The van der Waals surface area contributed by atoms with E-state index in [1.54, 1.807) is 24.0 Å². The molecule has 0 saturated carbocycles. The fraction of sp³-hybridized carbons (Fsp3) is 0.115. The highest BCUT2D eigenvalue weighted by Gasteiger charge is 2.10.